The molecule has 2 saturated heterocycles. The first-order chi connectivity index (χ1) is 19.5. The van der Waals surface area contributed by atoms with Crippen molar-refractivity contribution in [1.82, 2.24) is 0 Å². The molecule has 2 fully saturated rings. The normalized spacial score (nSPS) is 34.0. The topological polar surface area (TPSA) is 229 Å². The number of fused-ring (bicyclic) bond motifs is 1. The number of aromatic hydroxyl groups is 2. The van der Waals surface area contributed by atoms with Crippen molar-refractivity contribution in [2.75, 3.05) is 6.61 Å². The van der Waals surface area contributed by atoms with Crippen LogP contribution in [0.4, 0.5) is 0 Å². The van der Waals surface area contributed by atoms with Gasteiger partial charge in [-0.1, -0.05) is 12.1 Å². The molecule has 0 saturated carbocycles. The van der Waals surface area contributed by atoms with Crippen molar-refractivity contribution in [3.05, 3.63) is 52.9 Å². The standard InChI is InChI=1S/C27H30O14/c1-10-19(30)22(33)24(35)26(39-10)38-9-17-21(32)23(34)25(36)27(41-17)40-13-6-15(29)18-16(7-13)37-8-14(20(18)31)11-2-4-12(28)5-3-11/h2-8,10,17,19,21-30,32-36H,9H2,1H3/t10-,17-,19-,21+,22+,23-,24-,25-,26+,27+/m0/s1. The van der Waals surface area contributed by atoms with Gasteiger partial charge in [0.25, 0.3) is 0 Å². The van der Waals surface area contributed by atoms with Crippen molar-refractivity contribution in [2.45, 2.75) is 68.3 Å². The number of ether oxygens (including phenoxy) is 4. The molecule has 1 aromatic heterocycles. The molecule has 0 spiro atoms. The van der Waals surface area contributed by atoms with Crippen molar-refractivity contribution in [2.24, 2.45) is 0 Å². The van der Waals surface area contributed by atoms with E-state index in [4.69, 9.17) is 23.4 Å². The van der Waals surface area contributed by atoms with Crippen molar-refractivity contribution < 1.29 is 64.2 Å². The number of phenols is 2. The lowest BCUT2D eigenvalue weighted by molar-refractivity contribution is -0.318. The summed E-state index contributed by atoms with van der Waals surface area (Å²) in [4.78, 5) is 13.1. The van der Waals surface area contributed by atoms with Gasteiger partial charge in [-0.2, -0.15) is 0 Å². The Bertz CT molecular complexity index is 1420. The number of rotatable bonds is 6. The van der Waals surface area contributed by atoms with E-state index >= 15 is 0 Å². The molecule has 14 nitrogen and oxygen atoms in total. The van der Waals surface area contributed by atoms with Crippen LogP contribution in [0.15, 0.2) is 51.9 Å². The van der Waals surface area contributed by atoms with Gasteiger partial charge in [-0.25, -0.2) is 0 Å². The average Bonchev–Trinajstić information content (AvgIpc) is 2.94. The van der Waals surface area contributed by atoms with Crippen molar-refractivity contribution in [3.8, 4) is 28.4 Å². The minimum absolute atomic E-state index is 0.00951. The molecule has 8 N–H and O–H groups in total. The number of hydrogen-bond acceptors (Lipinski definition) is 14. The van der Waals surface area contributed by atoms with E-state index in [1.165, 1.54) is 43.5 Å². The monoisotopic (exact) mass is 578 g/mol. The van der Waals surface area contributed by atoms with Gasteiger partial charge in [-0.05, 0) is 24.6 Å². The zero-order valence-corrected chi connectivity index (χ0v) is 21.5. The van der Waals surface area contributed by atoms with Gasteiger partial charge in [0, 0.05) is 12.1 Å². The zero-order chi connectivity index (χ0) is 29.6. The first kappa shape index (κ1) is 29.2. The summed E-state index contributed by atoms with van der Waals surface area (Å²) in [7, 11) is 0. The summed E-state index contributed by atoms with van der Waals surface area (Å²) in [6.45, 7) is 0.973. The molecular weight excluding hydrogens is 548 g/mol. The van der Waals surface area contributed by atoms with Gasteiger partial charge in [0.1, 0.15) is 77.2 Å². The Morgan fingerprint density at radius 1 is 0.805 bits per heavy atom. The molecule has 14 heteroatoms. The summed E-state index contributed by atoms with van der Waals surface area (Å²) < 4.78 is 27.6. The zero-order valence-electron chi connectivity index (χ0n) is 21.5. The molecule has 0 unspecified atom stereocenters. The Balaban J connectivity index is 1.33. The minimum atomic E-state index is -1.76. The second kappa shape index (κ2) is 11.5. The fourth-order valence-corrected chi connectivity index (χ4v) is 4.74. The average molecular weight is 579 g/mol. The molecule has 222 valence electrons. The Labute approximate surface area is 231 Å². The summed E-state index contributed by atoms with van der Waals surface area (Å²) in [5.41, 5.74) is -0.0266. The summed E-state index contributed by atoms with van der Waals surface area (Å²) in [6, 6.07) is 8.16. The lowest BCUT2D eigenvalue weighted by atomic mass is 9.98. The summed E-state index contributed by atoms with van der Waals surface area (Å²) >= 11 is 0. The van der Waals surface area contributed by atoms with E-state index in [2.05, 4.69) is 0 Å². The SMILES string of the molecule is C[C@@H]1O[C@@H](OC[C@@H]2O[C@@H](Oc3cc(O)c4c(=O)c(-c5ccc(O)cc5)coc4c3)[C@@H](O)[C@@H](O)[C@@H]2O)[C@@H](O)[C@H](O)[C@H]1O. The molecule has 2 aromatic carbocycles. The maximum Gasteiger partial charge on any atom is 0.229 e. The summed E-state index contributed by atoms with van der Waals surface area (Å²) in [6.07, 6.45) is -13.7. The van der Waals surface area contributed by atoms with Crippen LogP contribution in [0.3, 0.4) is 0 Å². The van der Waals surface area contributed by atoms with Crippen LogP contribution < -0.4 is 10.2 Å². The molecule has 0 amide bonds. The molecule has 2 aliphatic heterocycles. The van der Waals surface area contributed by atoms with Crippen molar-refractivity contribution in [3.63, 3.8) is 0 Å². The highest BCUT2D eigenvalue weighted by Crippen LogP contribution is 2.33. The van der Waals surface area contributed by atoms with Gasteiger partial charge in [0.05, 0.1) is 18.3 Å². The van der Waals surface area contributed by atoms with Gasteiger partial charge in [-0.15, -0.1) is 0 Å². The van der Waals surface area contributed by atoms with E-state index in [1.54, 1.807) is 0 Å². The minimum Gasteiger partial charge on any atom is -0.508 e. The van der Waals surface area contributed by atoms with Gasteiger partial charge in [0.15, 0.2) is 6.29 Å². The Hall–Kier alpha value is -3.31. The maximum absolute atomic E-state index is 13.1. The van der Waals surface area contributed by atoms with Crippen LogP contribution in [0, 0.1) is 0 Å². The van der Waals surface area contributed by atoms with Crippen LogP contribution >= 0.6 is 0 Å². The highest BCUT2D eigenvalue weighted by molar-refractivity contribution is 5.88. The van der Waals surface area contributed by atoms with Gasteiger partial charge in [-0.3, -0.25) is 4.79 Å². The molecule has 0 aliphatic carbocycles. The van der Waals surface area contributed by atoms with E-state index in [-0.39, 0.29) is 28.0 Å². The molecule has 5 rings (SSSR count). The summed E-state index contributed by atoms with van der Waals surface area (Å²) in [5, 5.41) is 81.2. The van der Waals surface area contributed by atoms with Gasteiger partial charge >= 0.3 is 0 Å². The van der Waals surface area contributed by atoms with Crippen LogP contribution in [0.25, 0.3) is 22.1 Å². The molecular formula is C27H30O14. The van der Waals surface area contributed by atoms with E-state index in [0.29, 0.717) is 5.56 Å². The predicted molar refractivity (Wildman–Crippen MR) is 137 cm³/mol. The molecule has 0 bridgehead atoms. The van der Waals surface area contributed by atoms with E-state index in [1.807, 2.05) is 0 Å². The third-order valence-corrected chi connectivity index (χ3v) is 7.16. The second-order valence-corrected chi connectivity index (χ2v) is 9.99. The summed E-state index contributed by atoms with van der Waals surface area (Å²) in [5.74, 6) is -0.606. The second-order valence-electron chi connectivity index (χ2n) is 9.99. The lowest BCUT2D eigenvalue weighted by Gasteiger charge is -2.42. The van der Waals surface area contributed by atoms with E-state index in [0.717, 1.165) is 6.07 Å². The lowest BCUT2D eigenvalue weighted by Crippen LogP contribution is -2.61. The predicted octanol–water partition coefficient (Wildman–Crippen LogP) is -1.10. The first-order valence-corrected chi connectivity index (χ1v) is 12.7. The molecule has 41 heavy (non-hydrogen) atoms. The quantitative estimate of drug-likeness (QED) is 0.174. The highest BCUT2D eigenvalue weighted by atomic mass is 16.7. The van der Waals surface area contributed by atoms with E-state index < -0.39 is 79.2 Å². The highest BCUT2D eigenvalue weighted by Gasteiger charge is 2.47. The Kier molecular flexibility index (Phi) is 8.20. The first-order valence-electron chi connectivity index (χ1n) is 12.7. The van der Waals surface area contributed by atoms with Crippen LogP contribution in [-0.2, 0) is 14.2 Å². The Morgan fingerprint density at radius 3 is 2.17 bits per heavy atom. The fourth-order valence-electron chi connectivity index (χ4n) is 4.74. The smallest absolute Gasteiger partial charge is 0.229 e. The van der Waals surface area contributed by atoms with Crippen LogP contribution in [0.1, 0.15) is 6.92 Å². The van der Waals surface area contributed by atoms with E-state index in [9.17, 15) is 45.6 Å². The van der Waals surface area contributed by atoms with Crippen LogP contribution in [0.2, 0.25) is 0 Å². The number of benzene rings is 2. The van der Waals surface area contributed by atoms with Gasteiger partial charge in [0.2, 0.25) is 11.7 Å². The number of hydrogen-bond donors (Lipinski definition) is 8. The maximum atomic E-state index is 13.1. The molecule has 3 aromatic rings. The third kappa shape index (κ3) is 5.61. The van der Waals surface area contributed by atoms with Gasteiger partial charge < -0.3 is 64.2 Å². The number of aliphatic hydroxyl groups excluding tert-OH is 6. The van der Waals surface area contributed by atoms with Crippen LogP contribution in [-0.4, -0.2) is 109 Å². The van der Waals surface area contributed by atoms with Crippen molar-refractivity contribution >= 4 is 11.0 Å². The van der Waals surface area contributed by atoms with Crippen LogP contribution in [0.5, 0.6) is 17.2 Å². The molecule has 0 radical (unpaired) electrons. The largest absolute Gasteiger partial charge is 0.508 e. The third-order valence-electron chi connectivity index (χ3n) is 7.16. The molecule has 10 atom stereocenters. The number of phenolic OH excluding ortho intramolecular Hbond substituents is 2. The fraction of sp³-hybridized carbons (Fsp3) is 0.444. The number of aliphatic hydroxyl groups is 6. The molecule has 2 aliphatic rings. The Morgan fingerprint density at radius 2 is 1.46 bits per heavy atom. The molecule has 3 heterocycles. The van der Waals surface area contributed by atoms with Crippen molar-refractivity contribution in [1.29, 1.82) is 0 Å².